The monoisotopic (exact) mass is 403 g/mol. The van der Waals surface area contributed by atoms with Crippen LogP contribution in [0.4, 0.5) is 5.69 Å². The summed E-state index contributed by atoms with van der Waals surface area (Å²) in [6, 6.07) is 24.1. The van der Waals surface area contributed by atoms with Crippen molar-refractivity contribution in [1.82, 2.24) is 5.32 Å². The third-order valence-electron chi connectivity index (χ3n) is 4.57. The maximum absolute atomic E-state index is 12.7. The van der Waals surface area contributed by atoms with Crippen molar-refractivity contribution in [1.29, 1.82) is 0 Å². The molecule has 29 heavy (non-hydrogen) atoms. The van der Waals surface area contributed by atoms with Gasteiger partial charge in [0.05, 0.1) is 17.8 Å². The minimum Gasteiger partial charge on any atom is -0.326 e. The van der Waals surface area contributed by atoms with Crippen LogP contribution in [0, 0.1) is 0 Å². The minimum absolute atomic E-state index is 0.129. The summed E-state index contributed by atoms with van der Waals surface area (Å²) in [5.74, 6) is -0.678. The van der Waals surface area contributed by atoms with Crippen molar-refractivity contribution in [2.75, 3.05) is 5.32 Å². The van der Waals surface area contributed by atoms with Gasteiger partial charge in [0.1, 0.15) is 0 Å². The van der Waals surface area contributed by atoms with E-state index in [1.165, 1.54) is 0 Å². The predicted octanol–water partition coefficient (Wildman–Crippen LogP) is 3.81. The van der Waals surface area contributed by atoms with Crippen molar-refractivity contribution in [2.24, 2.45) is 4.99 Å². The van der Waals surface area contributed by atoms with E-state index in [0.717, 1.165) is 16.7 Å². The molecule has 0 spiro atoms. The molecule has 0 saturated heterocycles. The zero-order valence-electron chi connectivity index (χ0n) is 15.4. The number of aliphatic imine (C=N–C) groups is 1. The van der Waals surface area contributed by atoms with Crippen molar-refractivity contribution in [2.45, 2.75) is 12.6 Å². The minimum atomic E-state index is -1.03. The number of amides is 2. The highest BCUT2D eigenvalue weighted by molar-refractivity contribution is 6.30. The predicted molar refractivity (Wildman–Crippen MR) is 114 cm³/mol. The molecule has 0 saturated carbocycles. The van der Waals surface area contributed by atoms with Crippen LogP contribution < -0.4 is 10.6 Å². The van der Waals surface area contributed by atoms with Gasteiger partial charge in [-0.25, -0.2) is 4.99 Å². The van der Waals surface area contributed by atoms with E-state index in [1.807, 2.05) is 54.6 Å². The van der Waals surface area contributed by atoms with Crippen LogP contribution >= 0.6 is 11.6 Å². The first-order valence-corrected chi connectivity index (χ1v) is 9.55. The number of para-hydroxylation sites is 1. The number of benzene rings is 3. The smallest absolute Gasteiger partial charge is 0.269 e. The van der Waals surface area contributed by atoms with E-state index < -0.39 is 6.17 Å². The van der Waals surface area contributed by atoms with Gasteiger partial charge >= 0.3 is 0 Å². The second-order valence-electron chi connectivity index (χ2n) is 6.65. The molecule has 1 heterocycles. The molecule has 0 aromatic heterocycles. The molecule has 1 aliphatic rings. The standard InChI is InChI=1S/C23H18ClN3O2/c24-17-12-10-15(11-13-17)14-20(28)26-22-23(29)25-19-9-5-4-8-18(19)21(27-22)16-6-2-1-3-7-16/h1-13,22H,14H2,(H,25,29)(H,26,28). The molecule has 1 aliphatic heterocycles. The summed E-state index contributed by atoms with van der Waals surface area (Å²) in [4.78, 5) is 29.9. The number of hydrogen-bond acceptors (Lipinski definition) is 3. The lowest BCUT2D eigenvalue weighted by Gasteiger charge is -2.13. The van der Waals surface area contributed by atoms with Crippen LogP contribution in [0.1, 0.15) is 16.7 Å². The summed E-state index contributed by atoms with van der Waals surface area (Å²) in [5, 5.41) is 6.20. The lowest BCUT2D eigenvalue weighted by molar-refractivity contribution is -0.125. The van der Waals surface area contributed by atoms with E-state index in [0.29, 0.717) is 16.4 Å². The van der Waals surface area contributed by atoms with Crippen LogP contribution in [0.3, 0.4) is 0 Å². The Morgan fingerprint density at radius 2 is 1.66 bits per heavy atom. The van der Waals surface area contributed by atoms with Gasteiger partial charge in [0.2, 0.25) is 12.1 Å². The largest absolute Gasteiger partial charge is 0.326 e. The van der Waals surface area contributed by atoms with E-state index in [1.54, 1.807) is 24.3 Å². The fourth-order valence-corrected chi connectivity index (χ4v) is 3.30. The Hall–Kier alpha value is -3.44. The van der Waals surface area contributed by atoms with Gasteiger partial charge in [-0.05, 0) is 23.8 Å². The molecule has 2 N–H and O–H groups in total. The maximum atomic E-state index is 12.7. The number of fused-ring (bicyclic) bond motifs is 1. The number of benzodiazepines with no additional fused rings is 1. The maximum Gasteiger partial charge on any atom is 0.269 e. The van der Waals surface area contributed by atoms with Crippen molar-refractivity contribution in [3.05, 3.63) is 101 Å². The molecule has 1 atom stereocenters. The van der Waals surface area contributed by atoms with E-state index in [4.69, 9.17) is 11.6 Å². The molecule has 0 aliphatic carbocycles. The Morgan fingerprint density at radius 1 is 0.966 bits per heavy atom. The highest BCUT2D eigenvalue weighted by atomic mass is 35.5. The van der Waals surface area contributed by atoms with E-state index in [9.17, 15) is 9.59 Å². The molecule has 0 radical (unpaired) electrons. The normalized spacial score (nSPS) is 15.6. The van der Waals surface area contributed by atoms with Gasteiger partial charge in [0.25, 0.3) is 5.91 Å². The summed E-state index contributed by atoms with van der Waals surface area (Å²) < 4.78 is 0. The molecule has 0 fully saturated rings. The van der Waals surface area contributed by atoms with Gasteiger partial charge in [0.15, 0.2) is 0 Å². The topological polar surface area (TPSA) is 70.6 Å². The molecule has 5 nitrogen and oxygen atoms in total. The molecular formula is C23H18ClN3O2. The first kappa shape index (κ1) is 18.9. The van der Waals surface area contributed by atoms with Gasteiger partial charge in [-0.3, -0.25) is 9.59 Å². The zero-order chi connectivity index (χ0) is 20.2. The van der Waals surface area contributed by atoms with E-state index in [-0.39, 0.29) is 18.2 Å². The highest BCUT2D eigenvalue weighted by Crippen LogP contribution is 2.23. The molecule has 6 heteroatoms. The van der Waals surface area contributed by atoms with Gasteiger partial charge in [-0.15, -0.1) is 0 Å². The van der Waals surface area contributed by atoms with E-state index >= 15 is 0 Å². The first-order valence-electron chi connectivity index (χ1n) is 9.17. The number of carbonyl (C=O) groups is 2. The molecule has 2 amide bonds. The molecule has 3 aromatic carbocycles. The zero-order valence-corrected chi connectivity index (χ0v) is 16.2. The number of rotatable bonds is 4. The second kappa shape index (κ2) is 8.29. The molecule has 4 rings (SSSR count). The summed E-state index contributed by atoms with van der Waals surface area (Å²) in [7, 11) is 0. The number of halogens is 1. The number of carbonyl (C=O) groups excluding carboxylic acids is 2. The van der Waals surface area contributed by atoms with Gasteiger partial charge < -0.3 is 10.6 Å². The number of hydrogen-bond donors (Lipinski definition) is 2. The van der Waals surface area contributed by atoms with Crippen LogP contribution in [0.15, 0.2) is 83.9 Å². The van der Waals surface area contributed by atoms with Gasteiger partial charge in [-0.2, -0.15) is 0 Å². The molecule has 1 unspecified atom stereocenters. The molecular weight excluding hydrogens is 386 g/mol. The summed E-state index contributed by atoms with van der Waals surface area (Å²) >= 11 is 5.89. The fourth-order valence-electron chi connectivity index (χ4n) is 3.17. The van der Waals surface area contributed by atoms with Crippen molar-refractivity contribution >= 4 is 34.8 Å². The first-order chi connectivity index (χ1) is 14.1. The lowest BCUT2D eigenvalue weighted by atomic mass is 10.0. The Balaban J connectivity index is 1.63. The van der Waals surface area contributed by atoms with Crippen molar-refractivity contribution < 1.29 is 9.59 Å². The fraction of sp³-hybridized carbons (Fsp3) is 0.0870. The van der Waals surface area contributed by atoms with Crippen LogP contribution in [0.2, 0.25) is 5.02 Å². The summed E-state index contributed by atoms with van der Waals surface area (Å²) in [5.41, 5.74) is 3.79. The third kappa shape index (κ3) is 4.36. The number of nitrogens with zero attached hydrogens (tertiary/aromatic N) is 1. The number of anilines is 1. The Labute approximate surface area is 173 Å². The highest BCUT2D eigenvalue weighted by Gasteiger charge is 2.26. The van der Waals surface area contributed by atoms with Crippen molar-refractivity contribution in [3.8, 4) is 0 Å². The third-order valence-corrected chi connectivity index (χ3v) is 4.82. The second-order valence-corrected chi connectivity index (χ2v) is 7.09. The van der Waals surface area contributed by atoms with Gasteiger partial charge in [-0.1, -0.05) is 72.3 Å². The number of nitrogens with one attached hydrogen (secondary N) is 2. The average Bonchev–Trinajstić information content (AvgIpc) is 2.87. The molecule has 144 valence electrons. The lowest BCUT2D eigenvalue weighted by Crippen LogP contribution is -2.43. The molecule has 0 bridgehead atoms. The average molecular weight is 404 g/mol. The van der Waals surface area contributed by atoms with Crippen molar-refractivity contribution in [3.63, 3.8) is 0 Å². The van der Waals surface area contributed by atoms with Crippen LogP contribution in [-0.4, -0.2) is 23.7 Å². The Morgan fingerprint density at radius 3 is 2.41 bits per heavy atom. The quantitative estimate of drug-likeness (QED) is 0.695. The van der Waals surface area contributed by atoms with Crippen LogP contribution in [0.25, 0.3) is 0 Å². The van der Waals surface area contributed by atoms with E-state index in [2.05, 4.69) is 15.6 Å². The summed E-state index contributed by atoms with van der Waals surface area (Å²) in [6.07, 6.45) is -0.901. The van der Waals surface area contributed by atoms with Crippen LogP contribution in [-0.2, 0) is 16.0 Å². The summed E-state index contributed by atoms with van der Waals surface area (Å²) in [6.45, 7) is 0. The Kier molecular flexibility index (Phi) is 5.40. The molecule has 3 aromatic rings. The van der Waals surface area contributed by atoms with Gasteiger partial charge in [0, 0.05) is 16.1 Å². The van der Waals surface area contributed by atoms with Crippen LogP contribution in [0.5, 0.6) is 0 Å². The Bertz CT molecular complexity index is 1080. The SMILES string of the molecule is O=C(Cc1ccc(Cl)cc1)NC1N=C(c2ccccc2)c2ccccc2NC1=O.